The Hall–Kier alpha value is -2.18. The molecule has 1 amide bonds. The Morgan fingerprint density at radius 2 is 2.04 bits per heavy atom. The molecule has 0 bridgehead atoms. The van der Waals surface area contributed by atoms with E-state index in [0.717, 1.165) is 27.8 Å². The molecule has 3 rings (SSSR count). The zero-order valence-electron chi connectivity index (χ0n) is 14.1. The third-order valence-electron chi connectivity index (χ3n) is 3.71. The lowest BCUT2D eigenvalue weighted by molar-refractivity contribution is -0.120. The van der Waals surface area contributed by atoms with Gasteiger partial charge < -0.3 is 5.32 Å². The quantitative estimate of drug-likeness (QED) is 0.718. The van der Waals surface area contributed by atoms with Gasteiger partial charge in [-0.2, -0.15) is 5.10 Å². The summed E-state index contributed by atoms with van der Waals surface area (Å²) in [4.78, 5) is 16.6. The van der Waals surface area contributed by atoms with Crippen LogP contribution in [0.2, 0.25) is 5.02 Å². The molecule has 0 saturated heterocycles. The molecular formula is C18H19ClN4OS. The fourth-order valence-electron chi connectivity index (χ4n) is 2.51. The van der Waals surface area contributed by atoms with Gasteiger partial charge in [-0.1, -0.05) is 23.7 Å². The molecule has 2 heterocycles. The van der Waals surface area contributed by atoms with Gasteiger partial charge in [-0.05, 0) is 37.6 Å². The molecule has 0 aliphatic heterocycles. The maximum atomic E-state index is 12.0. The van der Waals surface area contributed by atoms with Crippen LogP contribution in [0.3, 0.4) is 0 Å². The fraction of sp³-hybridized carbons (Fsp3) is 0.278. The van der Waals surface area contributed by atoms with Crippen LogP contribution < -0.4 is 5.32 Å². The van der Waals surface area contributed by atoms with Gasteiger partial charge in [0.15, 0.2) is 0 Å². The number of hydrogen-bond donors (Lipinski definition) is 1. The van der Waals surface area contributed by atoms with Crippen LogP contribution in [0.4, 0.5) is 0 Å². The molecule has 0 spiro atoms. The van der Waals surface area contributed by atoms with Gasteiger partial charge in [0.05, 0.1) is 17.8 Å². The first-order valence-electron chi connectivity index (χ1n) is 8.00. The van der Waals surface area contributed by atoms with E-state index >= 15 is 0 Å². The Kier molecular flexibility index (Phi) is 5.50. The van der Waals surface area contributed by atoms with E-state index in [4.69, 9.17) is 11.6 Å². The van der Waals surface area contributed by atoms with E-state index in [0.29, 0.717) is 24.4 Å². The monoisotopic (exact) mass is 374 g/mol. The lowest BCUT2D eigenvalue weighted by Gasteiger charge is -2.04. The number of aryl methyl sites for hydroxylation is 2. The molecule has 0 atom stereocenters. The van der Waals surface area contributed by atoms with Gasteiger partial charge in [0.1, 0.15) is 0 Å². The van der Waals surface area contributed by atoms with Crippen molar-refractivity contribution in [3.8, 4) is 5.13 Å². The zero-order chi connectivity index (χ0) is 17.8. The van der Waals surface area contributed by atoms with Crippen LogP contribution >= 0.6 is 22.9 Å². The Morgan fingerprint density at radius 3 is 2.72 bits per heavy atom. The number of halogens is 1. The van der Waals surface area contributed by atoms with Gasteiger partial charge in [0.2, 0.25) is 11.0 Å². The minimum absolute atomic E-state index is 0.00341. The zero-order valence-corrected chi connectivity index (χ0v) is 15.7. The molecule has 130 valence electrons. The van der Waals surface area contributed by atoms with E-state index in [1.54, 1.807) is 23.5 Å². The van der Waals surface area contributed by atoms with Crippen molar-refractivity contribution in [2.75, 3.05) is 6.54 Å². The molecule has 3 aromatic rings. The van der Waals surface area contributed by atoms with Crippen LogP contribution in [0, 0.1) is 13.8 Å². The molecular weight excluding hydrogens is 356 g/mol. The van der Waals surface area contributed by atoms with Crippen molar-refractivity contribution in [2.45, 2.75) is 26.7 Å². The van der Waals surface area contributed by atoms with Gasteiger partial charge in [0, 0.05) is 29.1 Å². The molecule has 0 radical (unpaired) electrons. The molecule has 0 unspecified atom stereocenters. The topological polar surface area (TPSA) is 59.8 Å². The smallest absolute Gasteiger partial charge is 0.224 e. The molecule has 0 aliphatic rings. The van der Waals surface area contributed by atoms with E-state index in [-0.39, 0.29) is 5.91 Å². The van der Waals surface area contributed by atoms with Crippen LogP contribution in [-0.2, 0) is 17.6 Å². The van der Waals surface area contributed by atoms with Crippen LogP contribution in [0.25, 0.3) is 5.13 Å². The molecule has 2 aromatic heterocycles. The summed E-state index contributed by atoms with van der Waals surface area (Å²) in [5.74, 6) is -0.00341. The molecule has 0 fully saturated rings. The first kappa shape index (κ1) is 17.6. The summed E-state index contributed by atoms with van der Waals surface area (Å²) < 4.78 is 1.85. The number of hydrogen-bond acceptors (Lipinski definition) is 4. The van der Waals surface area contributed by atoms with Gasteiger partial charge in [0.25, 0.3) is 0 Å². The number of amides is 1. The minimum Gasteiger partial charge on any atom is -0.355 e. The van der Waals surface area contributed by atoms with Gasteiger partial charge >= 0.3 is 0 Å². The Balaban J connectivity index is 1.50. The van der Waals surface area contributed by atoms with Gasteiger partial charge in [-0.15, -0.1) is 11.3 Å². The molecule has 0 aliphatic carbocycles. The van der Waals surface area contributed by atoms with Gasteiger partial charge in [-0.25, -0.2) is 9.67 Å². The van der Waals surface area contributed by atoms with Crippen molar-refractivity contribution in [1.82, 2.24) is 20.1 Å². The van der Waals surface area contributed by atoms with Crippen LogP contribution in [0.1, 0.15) is 22.6 Å². The molecule has 7 heteroatoms. The average Bonchev–Trinajstić information content (AvgIpc) is 3.16. The second kappa shape index (κ2) is 7.80. The van der Waals surface area contributed by atoms with E-state index in [2.05, 4.69) is 15.4 Å². The lowest BCUT2D eigenvalue weighted by Crippen LogP contribution is -2.27. The highest BCUT2D eigenvalue weighted by Gasteiger charge is 2.09. The molecule has 1 aromatic carbocycles. The number of thiazole rings is 1. The predicted octanol–water partition coefficient (Wildman–Crippen LogP) is 3.50. The molecule has 25 heavy (non-hydrogen) atoms. The maximum absolute atomic E-state index is 12.0. The predicted molar refractivity (Wildman–Crippen MR) is 101 cm³/mol. The highest BCUT2D eigenvalue weighted by atomic mass is 35.5. The van der Waals surface area contributed by atoms with Crippen LogP contribution in [-0.4, -0.2) is 27.2 Å². The molecule has 0 saturated carbocycles. The second-order valence-corrected chi connectivity index (χ2v) is 7.14. The summed E-state index contributed by atoms with van der Waals surface area (Å²) in [6.07, 6.45) is 1.05. The molecule has 5 nitrogen and oxygen atoms in total. The summed E-state index contributed by atoms with van der Waals surface area (Å²) in [5.41, 5.74) is 3.94. The van der Waals surface area contributed by atoms with Crippen LogP contribution in [0.5, 0.6) is 0 Å². The Bertz CT molecular complexity index is 870. The second-order valence-electron chi connectivity index (χ2n) is 5.86. The number of nitrogens with one attached hydrogen (secondary N) is 1. The van der Waals surface area contributed by atoms with Gasteiger partial charge in [-0.3, -0.25) is 4.79 Å². The average molecular weight is 375 g/mol. The van der Waals surface area contributed by atoms with Crippen molar-refractivity contribution in [3.05, 3.63) is 63.4 Å². The van der Waals surface area contributed by atoms with Crippen molar-refractivity contribution >= 4 is 28.8 Å². The Labute approximate surface area is 155 Å². The summed E-state index contributed by atoms with van der Waals surface area (Å²) in [7, 11) is 0. The number of rotatable bonds is 6. The van der Waals surface area contributed by atoms with E-state index in [1.165, 1.54) is 0 Å². The number of nitrogens with zero attached hydrogens (tertiary/aromatic N) is 3. The third kappa shape index (κ3) is 4.67. The fourth-order valence-corrected chi connectivity index (χ4v) is 3.50. The summed E-state index contributed by atoms with van der Waals surface area (Å²) in [6.45, 7) is 4.54. The first-order chi connectivity index (χ1) is 12.0. The Morgan fingerprint density at radius 1 is 1.28 bits per heavy atom. The highest BCUT2D eigenvalue weighted by Crippen LogP contribution is 2.17. The van der Waals surface area contributed by atoms with Crippen LogP contribution in [0.15, 0.2) is 35.7 Å². The van der Waals surface area contributed by atoms with Crippen molar-refractivity contribution in [2.24, 2.45) is 0 Å². The van der Waals surface area contributed by atoms with Crippen molar-refractivity contribution in [3.63, 3.8) is 0 Å². The number of aromatic nitrogens is 3. The van der Waals surface area contributed by atoms with Crippen molar-refractivity contribution in [1.29, 1.82) is 0 Å². The largest absolute Gasteiger partial charge is 0.355 e. The first-order valence-corrected chi connectivity index (χ1v) is 9.26. The van der Waals surface area contributed by atoms with E-state index in [9.17, 15) is 4.79 Å². The normalized spacial score (nSPS) is 10.8. The minimum atomic E-state index is -0.00341. The third-order valence-corrected chi connectivity index (χ3v) is 4.83. The van der Waals surface area contributed by atoms with E-state index < -0.39 is 0 Å². The standard InChI is InChI=1S/C18H19ClN4OS/c1-12-9-13(2)23(22-12)18-21-16(11-25-18)7-8-20-17(24)10-14-3-5-15(19)6-4-14/h3-6,9,11H,7-8,10H2,1-2H3,(H,20,24). The molecule has 1 N–H and O–H groups in total. The number of carbonyl (C=O) groups excluding carboxylic acids is 1. The summed E-state index contributed by atoms with van der Waals surface area (Å²) in [5, 5.41) is 10.9. The number of benzene rings is 1. The SMILES string of the molecule is Cc1cc(C)n(-c2nc(CCNC(=O)Cc3ccc(Cl)cc3)cs2)n1. The summed E-state index contributed by atoms with van der Waals surface area (Å²) in [6, 6.07) is 9.34. The summed E-state index contributed by atoms with van der Waals surface area (Å²) >= 11 is 7.40. The highest BCUT2D eigenvalue weighted by molar-refractivity contribution is 7.12. The van der Waals surface area contributed by atoms with Crippen molar-refractivity contribution < 1.29 is 4.79 Å². The maximum Gasteiger partial charge on any atom is 0.224 e. The van der Waals surface area contributed by atoms with E-state index in [1.807, 2.05) is 42.1 Å². The number of carbonyl (C=O) groups is 1. The lowest BCUT2D eigenvalue weighted by atomic mass is 10.1.